The van der Waals surface area contributed by atoms with E-state index in [9.17, 15) is 8.42 Å². The Morgan fingerprint density at radius 3 is 1.89 bits per heavy atom. The lowest BCUT2D eigenvalue weighted by molar-refractivity contribution is 0.344. The smallest absolute Gasteiger partial charge is 0.154 e. The molecule has 9 heavy (non-hydrogen) atoms. The van der Waals surface area contributed by atoms with Crippen molar-refractivity contribution in [3.05, 3.63) is 0 Å². The van der Waals surface area contributed by atoms with Crippen molar-refractivity contribution in [1.29, 1.82) is 0 Å². The van der Waals surface area contributed by atoms with Crippen LogP contribution in [0, 0.1) is 5.41 Å². The molecular formula is C6H12O2S. The van der Waals surface area contributed by atoms with Crippen LogP contribution in [-0.4, -0.2) is 19.4 Å². The first-order valence-corrected chi connectivity index (χ1v) is 4.79. The topological polar surface area (TPSA) is 34.1 Å². The van der Waals surface area contributed by atoms with E-state index >= 15 is 0 Å². The Labute approximate surface area is 56.2 Å². The number of hydrogen-bond acceptors (Lipinski definition) is 2. The van der Waals surface area contributed by atoms with Gasteiger partial charge in [-0.1, -0.05) is 13.8 Å². The number of sulfone groups is 1. The predicted octanol–water partition coefficient (Wildman–Crippen LogP) is 0.830. The van der Waals surface area contributed by atoms with Gasteiger partial charge in [-0.25, -0.2) is 8.42 Å². The van der Waals surface area contributed by atoms with Gasteiger partial charge >= 0.3 is 0 Å². The van der Waals surface area contributed by atoms with Crippen molar-refractivity contribution in [3.8, 4) is 0 Å². The minimum Gasteiger partial charge on any atom is -0.229 e. The molecule has 1 aliphatic heterocycles. The molecule has 3 heteroatoms. The first-order chi connectivity index (χ1) is 3.86. The second-order valence-electron chi connectivity index (χ2n) is 3.44. The molecule has 54 valence electrons. The highest BCUT2D eigenvalue weighted by atomic mass is 32.2. The minimum absolute atomic E-state index is 0.0266. The van der Waals surface area contributed by atoms with Crippen molar-refractivity contribution >= 4 is 9.84 Å². The van der Waals surface area contributed by atoms with E-state index in [1.165, 1.54) is 0 Å². The van der Waals surface area contributed by atoms with Crippen molar-refractivity contribution in [2.45, 2.75) is 26.0 Å². The maximum Gasteiger partial charge on any atom is 0.154 e. The van der Waals surface area contributed by atoms with E-state index in [0.717, 1.165) is 0 Å². The summed E-state index contributed by atoms with van der Waals surface area (Å²) in [5.74, 6) is 0.362. The molecule has 1 aliphatic rings. The minimum atomic E-state index is -2.67. The third kappa shape index (κ3) is 0.874. The summed E-state index contributed by atoms with van der Waals surface area (Å²) in [5.41, 5.74) is 0.0266. The van der Waals surface area contributed by atoms with Crippen LogP contribution in [0.15, 0.2) is 0 Å². The summed E-state index contributed by atoms with van der Waals surface area (Å²) in [5, 5.41) is -0.134. The molecule has 1 heterocycles. The van der Waals surface area contributed by atoms with Gasteiger partial charge in [0.1, 0.15) is 0 Å². The first-order valence-electron chi connectivity index (χ1n) is 3.08. The molecule has 0 aliphatic carbocycles. The van der Waals surface area contributed by atoms with Gasteiger partial charge in [-0.15, -0.1) is 0 Å². The maximum atomic E-state index is 10.8. The molecule has 1 fully saturated rings. The van der Waals surface area contributed by atoms with Crippen LogP contribution in [0.5, 0.6) is 0 Å². The normalized spacial score (nSPS) is 37.4. The molecule has 0 N–H and O–H groups in total. The van der Waals surface area contributed by atoms with Crippen LogP contribution in [0.25, 0.3) is 0 Å². The summed E-state index contributed by atoms with van der Waals surface area (Å²) in [6, 6.07) is 0. The van der Waals surface area contributed by atoms with Crippen molar-refractivity contribution in [2.24, 2.45) is 5.41 Å². The fourth-order valence-electron chi connectivity index (χ4n) is 1.15. The molecule has 0 aromatic rings. The van der Waals surface area contributed by atoms with E-state index in [4.69, 9.17) is 0 Å². The summed E-state index contributed by atoms with van der Waals surface area (Å²) in [7, 11) is -2.67. The van der Waals surface area contributed by atoms with Crippen LogP contribution in [0.2, 0.25) is 0 Å². The molecule has 2 nitrogen and oxygen atoms in total. The Morgan fingerprint density at radius 1 is 1.44 bits per heavy atom. The summed E-state index contributed by atoms with van der Waals surface area (Å²) >= 11 is 0. The van der Waals surface area contributed by atoms with Gasteiger partial charge in [0.2, 0.25) is 0 Å². The molecule has 1 saturated heterocycles. The van der Waals surface area contributed by atoms with Crippen molar-refractivity contribution < 1.29 is 8.42 Å². The summed E-state index contributed by atoms with van der Waals surface area (Å²) in [4.78, 5) is 0. The van der Waals surface area contributed by atoms with E-state index < -0.39 is 9.84 Å². The van der Waals surface area contributed by atoms with E-state index in [-0.39, 0.29) is 10.7 Å². The highest BCUT2D eigenvalue weighted by molar-refractivity contribution is 7.93. The van der Waals surface area contributed by atoms with Crippen molar-refractivity contribution in [1.82, 2.24) is 0 Å². The fraction of sp³-hybridized carbons (Fsp3) is 1.00. The lowest BCUT2D eigenvalue weighted by Crippen LogP contribution is -2.51. The Hall–Kier alpha value is -0.0500. The van der Waals surface area contributed by atoms with Gasteiger partial charge in [-0.05, 0) is 12.3 Å². The second kappa shape index (κ2) is 1.51. The van der Waals surface area contributed by atoms with Gasteiger partial charge in [0.15, 0.2) is 9.84 Å². The van der Waals surface area contributed by atoms with Crippen LogP contribution in [0.3, 0.4) is 0 Å². The standard InChI is InChI=1S/C6H12O2S/c1-5-6(2,3)4-9(5,7)8/h5H,4H2,1-3H3. The molecular weight excluding hydrogens is 136 g/mol. The van der Waals surface area contributed by atoms with Crippen molar-refractivity contribution in [2.75, 3.05) is 5.75 Å². The van der Waals surface area contributed by atoms with Gasteiger partial charge in [-0.3, -0.25) is 0 Å². The van der Waals surface area contributed by atoms with Gasteiger partial charge in [0, 0.05) is 0 Å². The highest BCUT2D eigenvalue weighted by Gasteiger charge is 2.48. The molecule has 1 unspecified atom stereocenters. The van der Waals surface area contributed by atoms with Crippen LogP contribution >= 0.6 is 0 Å². The van der Waals surface area contributed by atoms with Crippen LogP contribution in [-0.2, 0) is 9.84 Å². The Balaban J connectivity index is 2.86. The van der Waals surface area contributed by atoms with E-state index in [1.807, 2.05) is 13.8 Å². The fourth-order valence-corrected chi connectivity index (χ4v) is 3.44. The van der Waals surface area contributed by atoms with Crippen LogP contribution in [0.1, 0.15) is 20.8 Å². The molecule has 0 aromatic heterocycles. The SMILES string of the molecule is CC1C(C)(C)CS1(=O)=O. The van der Waals surface area contributed by atoms with Crippen LogP contribution in [0.4, 0.5) is 0 Å². The van der Waals surface area contributed by atoms with E-state index in [0.29, 0.717) is 5.75 Å². The van der Waals surface area contributed by atoms with Crippen LogP contribution < -0.4 is 0 Å². The van der Waals surface area contributed by atoms with E-state index in [1.54, 1.807) is 6.92 Å². The van der Waals surface area contributed by atoms with Gasteiger partial charge in [0.25, 0.3) is 0 Å². The number of rotatable bonds is 0. The third-order valence-corrected chi connectivity index (χ3v) is 5.07. The second-order valence-corrected chi connectivity index (χ2v) is 5.76. The van der Waals surface area contributed by atoms with Crippen molar-refractivity contribution in [3.63, 3.8) is 0 Å². The first kappa shape index (κ1) is 7.06. The quantitative estimate of drug-likeness (QED) is 0.510. The zero-order chi connectivity index (χ0) is 7.28. The summed E-state index contributed by atoms with van der Waals surface area (Å²) in [6.07, 6.45) is 0. The van der Waals surface area contributed by atoms with Gasteiger partial charge in [0.05, 0.1) is 11.0 Å². The third-order valence-electron chi connectivity index (χ3n) is 2.21. The molecule has 0 spiro atoms. The predicted molar refractivity (Wildman–Crippen MR) is 37.0 cm³/mol. The molecule has 0 radical (unpaired) electrons. The molecule has 0 bridgehead atoms. The average Bonchev–Trinajstić information content (AvgIpc) is 1.63. The van der Waals surface area contributed by atoms with Gasteiger partial charge in [-0.2, -0.15) is 0 Å². The Kier molecular flexibility index (Phi) is 1.18. The lowest BCUT2D eigenvalue weighted by atomic mass is 9.91. The monoisotopic (exact) mass is 148 g/mol. The van der Waals surface area contributed by atoms with E-state index in [2.05, 4.69) is 0 Å². The Morgan fingerprint density at radius 2 is 1.89 bits per heavy atom. The lowest BCUT2D eigenvalue weighted by Gasteiger charge is -2.41. The van der Waals surface area contributed by atoms with Gasteiger partial charge < -0.3 is 0 Å². The largest absolute Gasteiger partial charge is 0.229 e. The highest BCUT2D eigenvalue weighted by Crippen LogP contribution is 2.38. The number of hydrogen-bond donors (Lipinski definition) is 0. The molecule has 0 saturated carbocycles. The molecule has 0 amide bonds. The zero-order valence-electron chi connectivity index (χ0n) is 6.01. The molecule has 1 atom stereocenters. The molecule has 1 rings (SSSR count). The summed E-state index contributed by atoms with van der Waals surface area (Å²) in [6.45, 7) is 5.75. The average molecular weight is 148 g/mol. The summed E-state index contributed by atoms with van der Waals surface area (Å²) < 4.78 is 21.7. The zero-order valence-corrected chi connectivity index (χ0v) is 6.83. The Bertz CT molecular complexity index is 213. The molecule has 0 aromatic carbocycles. The maximum absolute atomic E-state index is 10.8.